The van der Waals surface area contributed by atoms with Crippen LogP contribution in [0.5, 0.6) is 0 Å². The quantitative estimate of drug-likeness (QED) is 0.827. The number of rotatable bonds is 3. The van der Waals surface area contributed by atoms with E-state index in [-0.39, 0.29) is 15.1 Å². The van der Waals surface area contributed by atoms with Crippen LogP contribution >= 0.6 is 15.9 Å². The van der Waals surface area contributed by atoms with Gasteiger partial charge in [0.25, 0.3) is 10.0 Å². The third-order valence-electron chi connectivity index (χ3n) is 2.61. The van der Waals surface area contributed by atoms with Gasteiger partial charge in [-0.3, -0.25) is 4.72 Å². The Morgan fingerprint density at radius 1 is 1.25 bits per heavy atom. The van der Waals surface area contributed by atoms with Crippen molar-refractivity contribution in [3.8, 4) is 0 Å². The fourth-order valence-electron chi connectivity index (χ4n) is 1.67. The van der Waals surface area contributed by atoms with Gasteiger partial charge in [-0.2, -0.15) is 0 Å². The lowest BCUT2D eigenvalue weighted by atomic mass is 10.2. The molecule has 0 unspecified atom stereocenters. The highest BCUT2D eigenvalue weighted by atomic mass is 79.9. The van der Waals surface area contributed by atoms with Crippen LogP contribution in [-0.4, -0.2) is 8.42 Å². The van der Waals surface area contributed by atoms with Gasteiger partial charge in [0, 0.05) is 10.2 Å². The second-order valence-electron chi connectivity index (χ2n) is 4.28. The predicted molar refractivity (Wildman–Crippen MR) is 80.5 cm³/mol. The maximum Gasteiger partial charge on any atom is 0.263 e. The zero-order valence-corrected chi connectivity index (χ0v) is 12.9. The first-order valence-corrected chi connectivity index (χ1v) is 7.91. The number of halogens is 2. The molecule has 20 heavy (non-hydrogen) atoms. The van der Waals surface area contributed by atoms with E-state index in [0.717, 1.165) is 17.7 Å². The van der Waals surface area contributed by atoms with E-state index in [1.54, 1.807) is 18.2 Å². The summed E-state index contributed by atoms with van der Waals surface area (Å²) in [4.78, 5) is -0.113. The van der Waals surface area contributed by atoms with Crippen molar-refractivity contribution in [2.75, 3.05) is 10.5 Å². The number of hydrogen-bond acceptors (Lipinski definition) is 3. The summed E-state index contributed by atoms with van der Waals surface area (Å²) in [5, 5.41) is 0. The molecule has 0 aliphatic carbocycles. The number of nitrogens with two attached hydrogens (primary N) is 1. The Morgan fingerprint density at radius 3 is 2.60 bits per heavy atom. The van der Waals surface area contributed by atoms with Gasteiger partial charge in [0.15, 0.2) is 0 Å². The third-order valence-corrected chi connectivity index (χ3v) is 4.95. The zero-order valence-electron chi connectivity index (χ0n) is 10.5. The molecule has 0 saturated carbocycles. The maximum absolute atomic E-state index is 13.3. The molecule has 4 nitrogen and oxygen atoms in total. The number of aryl methyl sites for hydroxylation is 1. The van der Waals surface area contributed by atoms with Crippen LogP contribution in [0.25, 0.3) is 0 Å². The van der Waals surface area contributed by atoms with Crippen LogP contribution in [-0.2, 0) is 10.0 Å². The molecule has 106 valence electrons. The van der Waals surface area contributed by atoms with Crippen molar-refractivity contribution in [3.05, 3.63) is 52.3 Å². The third kappa shape index (κ3) is 3.10. The van der Waals surface area contributed by atoms with Crippen LogP contribution in [0.2, 0.25) is 0 Å². The molecular formula is C13H12BrFN2O2S. The largest absolute Gasteiger partial charge is 0.396 e. The lowest BCUT2D eigenvalue weighted by Crippen LogP contribution is -2.14. The minimum atomic E-state index is -3.84. The van der Waals surface area contributed by atoms with Crippen LogP contribution in [0.1, 0.15) is 5.56 Å². The SMILES string of the molecule is Cc1cccc(NS(=O)(=O)c2cc(N)c(F)cc2Br)c1. The van der Waals surface area contributed by atoms with Crippen molar-refractivity contribution in [2.45, 2.75) is 11.8 Å². The molecular weight excluding hydrogens is 347 g/mol. The standard InChI is InChI=1S/C13H12BrFN2O2S/c1-8-3-2-4-9(5-8)17-20(18,19)13-7-12(16)11(15)6-10(13)14/h2-7,17H,16H2,1H3. The van der Waals surface area contributed by atoms with Crippen LogP contribution in [0.3, 0.4) is 0 Å². The first kappa shape index (κ1) is 14.8. The monoisotopic (exact) mass is 358 g/mol. The maximum atomic E-state index is 13.3. The zero-order chi connectivity index (χ0) is 14.9. The van der Waals surface area contributed by atoms with Gasteiger partial charge in [-0.1, -0.05) is 12.1 Å². The normalized spacial score (nSPS) is 11.3. The Morgan fingerprint density at radius 2 is 1.95 bits per heavy atom. The van der Waals surface area contributed by atoms with E-state index in [9.17, 15) is 12.8 Å². The molecule has 2 rings (SSSR count). The molecule has 3 N–H and O–H groups in total. The average Bonchev–Trinajstić information content (AvgIpc) is 2.33. The predicted octanol–water partition coefficient (Wildman–Crippen LogP) is 3.28. The minimum Gasteiger partial charge on any atom is -0.396 e. The first-order valence-electron chi connectivity index (χ1n) is 5.63. The highest BCUT2D eigenvalue weighted by Gasteiger charge is 2.20. The molecule has 0 aliphatic rings. The van der Waals surface area contributed by atoms with Crippen LogP contribution in [0, 0.1) is 12.7 Å². The van der Waals surface area contributed by atoms with Gasteiger partial charge in [-0.25, -0.2) is 12.8 Å². The number of hydrogen-bond donors (Lipinski definition) is 2. The van der Waals surface area contributed by atoms with Crippen molar-refractivity contribution < 1.29 is 12.8 Å². The van der Waals surface area contributed by atoms with E-state index in [4.69, 9.17) is 5.73 Å². The van der Waals surface area contributed by atoms with Crippen molar-refractivity contribution in [2.24, 2.45) is 0 Å². The summed E-state index contributed by atoms with van der Waals surface area (Å²) in [5.74, 6) is -0.675. The second-order valence-corrected chi connectivity index (χ2v) is 6.78. The fourth-order valence-corrected chi connectivity index (χ4v) is 3.77. The molecule has 7 heteroatoms. The van der Waals surface area contributed by atoms with Gasteiger partial charge in [0.05, 0.1) is 5.69 Å². The van der Waals surface area contributed by atoms with E-state index in [1.807, 2.05) is 13.0 Å². The number of benzene rings is 2. The molecule has 0 heterocycles. The molecule has 0 bridgehead atoms. The van der Waals surface area contributed by atoms with Crippen molar-refractivity contribution >= 4 is 37.3 Å². The Labute approximate surface area is 125 Å². The van der Waals surface area contributed by atoms with E-state index in [2.05, 4.69) is 20.7 Å². The minimum absolute atomic E-state index is 0.113. The van der Waals surface area contributed by atoms with E-state index in [0.29, 0.717) is 5.69 Å². The smallest absolute Gasteiger partial charge is 0.263 e. The molecule has 0 amide bonds. The lowest BCUT2D eigenvalue weighted by molar-refractivity contribution is 0.599. The van der Waals surface area contributed by atoms with Gasteiger partial charge in [-0.05, 0) is 52.7 Å². The summed E-state index contributed by atoms with van der Waals surface area (Å²) in [7, 11) is -3.84. The van der Waals surface area contributed by atoms with E-state index >= 15 is 0 Å². The Balaban J connectivity index is 2.43. The Bertz CT molecular complexity index is 763. The van der Waals surface area contributed by atoms with E-state index < -0.39 is 15.8 Å². The van der Waals surface area contributed by atoms with Gasteiger partial charge < -0.3 is 5.73 Å². The number of anilines is 2. The molecule has 0 fully saturated rings. The van der Waals surface area contributed by atoms with Gasteiger partial charge in [0.1, 0.15) is 10.7 Å². The number of nitrogen functional groups attached to an aromatic ring is 1. The van der Waals surface area contributed by atoms with Crippen LogP contribution in [0.4, 0.5) is 15.8 Å². The van der Waals surface area contributed by atoms with Gasteiger partial charge in [-0.15, -0.1) is 0 Å². The van der Waals surface area contributed by atoms with Crippen LogP contribution < -0.4 is 10.5 Å². The molecule has 2 aromatic carbocycles. The highest BCUT2D eigenvalue weighted by Crippen LogP contribution is 2.28. The molecule has 0 saturated heterocycles. The first-order chi connectivity index (χ1) is 9.29. The van der Waals surface area contributed by atoms with E-state index in [1.165, 1.54) is 0 Å². The Hall–Kier alpha value is -1.60. The molecule has 0 radical (unpaired) electrons. The topological polar surface area (TPSA) is 72.2 Å². The molecule has 2 aromatic rings. The highest BCUT2D eigenvalue weighted by molar-refractivity contribution is 9.10. The molecule has 0 aromatic heterocycles. The van der Waals surface area contributed by atoms with Gasteiger partial charge >= 0.3 is 0 Å². The summed E-state index contributed by atoms with van der Waals surface area (Å²) in [6.07, 6.45) is 0. The molecule has 0 aliphatic heterocycles. The van der Waals surface area contributed by atoms with Crippen LogP contribution in [0.15, 0.2) is 45.8 Å². The molecule has 0 atom stereocenters. The summed E-state index contributed by atoms with van der Waals surface area (Å²) < 4.78 is 40.4. The summed E-state index contributed by atoms with van der Waals surface area (Å²) >= 11 is 3.03. The average molecular weight is 359 g/mol. The lowest BCUT2D eigenvalue weighted by Gasteiger charge is -2.11. The summed E-state index contributed by atoms with van der Waals surface area (Å²) in [5.41, 5.74) is 6.54. The van der Waals surface area contributed by atoms with Crippen molar-refractivity contribution in [1.29, 1.82) is 0 Å². The number of sulfonamides is 1. The second kappa shape index (κ2) is 5.41. The van der Waals surface area contributed by atoms with Gasteiger partial charge in [0.2, 0.25) is 0 Å². The Kier molecular flexibility index (Phi) is 4.01. The fraction of sp³-hybridized carbons (Fsp3) is 0.0769. The summed E-state index contributed by atoms with van der Waals surface area (Å²) in [6, 6.07) is 9.02. The van der Waals surface area contributed by atoms with Crippen molar-refractivity contribution in [3.63, 3.8) is 0 Å². The molecule has 0 spiro atoms. The number of nitrogens with one attached hydrogen (secondary N) is 1. The summed E-state index contributed by atoms with van der Waals surface area (Å²) in [6.45, 7) is 1.85. The van der Waals surface area contributed by atoms with Crippen molar-refractivity contribution in [1.82, 2.24) is 0 Å².